The molecular formula is C11H9ClN2O2. The number of amides is 2. The molecule has 2 amide bonds. The quantitative estimate of drug-likeness (QED) is 0.439. The fraction of sp³-hybridized carbons (Fsp3) is 0.273. The van der Waals surface area contributed by atoms with E-state index in [9.17, 15) is 9.59 Å². The lowest BCUT2D eigenvalue weighted by molar-refractivity contribution is 0.0376. The molecule has 2 unspecified atom stereocenters. The van der Waals surface area contributed by atoms with E-state index < -0.39 is 0 Å². The first-order valence-electron chi connectivity index (χ1n) is 5.04. The highest BCUT2D eigenvalue weighted by Crippen LogP contribution is 2.30. The van der Waals surface area contributed by atoms with E-state index in [2.05, 4.69) is 0 Å². The molecule has 5 heteroatoms. The predicted octanol–water partition coefficient (Wildman–Crippen LogP) is 1.12. The van der Waals surface area contributed by atoms with Crippen molar-refractivity contribution in [2.24, 2.45) is 0 Å². The van der Waals surface area contributed by atoms with Crippen molar-refractivity contribution in [3.05, 3.63) is 35.4 Å². The molecule has 0 N–H and O–H groups in total. The van der Waals surface area contributed by atoms with Crippen LogP contribution >= 0.6 is 11.6 Å². The Morgan fingerprint density at radius 1 is 1.19 bits per heavy atom. The number of fused-ring (bicyclic) bond motifs is 1. The third kappa shape index (κ3) is 1.20. The van der Waals surface area contributed by atoms with Crippen molar-refractivity contribution in [3.8, 4) is 0 Å². The summed E-state index contributed by atoms with van der Waals surface area (Å²) in [5.74, 6) is -0.0469. The molecule has 16 heavy (non-hydrogen) atoms. The molecule has 0 radical (unpaired) electrons. The number of nitrogens with zero attached hydrogens (tertiary/aromatic N) is 2. The molecule has 0 aliphatic carbocycles. The monoisotopic (exact) mass is 236 g/mol. The van der Waals surface area contributed by atoms with E-state index in [0.29, 0.717) is 23.6 Å². The molecule has 2 heterocycles. The number of imide groups is 1. The first-order valence-corrected chi connectivity index (χ1v) is 5.58. The molecule has 1 fully saturated rings. The van der Waals surface area contributed by atoms with Gasteiger partial charge in [-0.2, -0.15) is 0 Å². The predicted molar refractivity (Wildman–Crippen MR) is 58.2 cm³/mol. The Morgan fingerprint density at radius 3 is 2.19 bits per heavy atom. The van der Waals surface area contributed by atoms with Gasteiger partial charge in [-0.1, -0.05) is 12.1 Å². The van der Waals surface area contributed by atoms with Gasteiger partial charge in [-0.25, -0.2) is 10.0 Å². The zero-order valence-corrected chi connectivity index (χ0v) is 9.15. The second kappa shape index (κ2) is 3.30. The molecule has 1 saturated heterocycles. The second-order valence-electron chi connectivity index (χ2n) is 3.90. The molecule has 2 aliphatic rings. The van der Waals surface area contributed by atoms with Crippen LogP contribution in [0.3, 0.4) is 0 Å². The average Bonchev–Trinajstić information content (AvgIpc) is 3.03. The van der Waals surface area contributed by atoms with Crippen molar-refractivity contribution < 1.29 is 9.59 Å². The smallest absolute Gasteiger partial charge is 0.267 e. The Labute approximate surface area is 97.4 Å². The van der Waals surface area contributed by atoms with Gasteiger partial charge in [-0.05, 0) is 12.1 Å². The van der Waals surface area contributed by atoms with E-state index in [0.717, 1.165) is 0 Å². The van der Waals surface area contributed by atoms with Gasteiger partial charge in [-0.15, -0.1) is 11.6 Å². The number of carbonyl (C=O) groups is 2. The summed E-state index contributed by atoms with van der Waals surface area (Å²) in [4.78, 5) is 23.9. The van der Waals surface area contributed by atoms with E-state index >= 15 is 0 Å². The number of hydrogen-bond acceptors (Lipinski definition) is 3. The first kappa shape index (κ1) is 9.81. The molecule has 0 bridgehead atoms. The highest BCUT2D eigenvalue weighted by Gasteiger charge is 2.48. The molecule has 3 rings (SSSR count). The van der Waals surface area contributed by atoms with Crippen molar-refractivity contribution in [1.29, 1.82) is 0 Å². The number of hydrazine groups is 1. The highest BCUT2D eigenvalue weighted by molar-refractivity contribution is 6.21. The lowest BCUT2D eigenvalue weighted by Crippen LogP contribution is -2.36. The Hall–Kier alpha value is -1.39. The summed E-state index contributed by atoms with van der Waals surface area (Å²) in [5, 5.41) is 2.91. The Morgan fingerprint density at radius 2 is 1.75 bits per heavy atom. The summed E-state index contributed by atoms with van der Waals surface area (Å²) in [5.41, 5.74) is 0.959. The van der Waals surface area contributed by atoms with Gasteiger partial charge in [0.1, 0.15) is 0 Å². The maximum atomic E-state index is 12.0. The molecule has 0 aromatic heterocycles. The largest absolute Gasteiger partial charge is 0.276 e. The number of halogens is 1. The summed E-state index contributed by atoms with van der Waals surface area (Å²) in [7, 11) is 0. The Kier molecular flexibility index (Phi) is 2.02. The zero-order valence-electron chi connectivity index (χ0n) is 8.39. The van der Waals surface area contributed by atoms with E-state index in [1.54, 1.807) is 29.3 Å². The van der Waals surface area contributed by atoms with Crippen LogP contribution in [0.1, 0.15) is 20.7 Å². The van der Waals surface area contributed by atoms with Crippen molar-refractivity contribution in [2.75, 3.05) is 12.4 Å². The van der Waals surface area contributed by atoms with Crippen LogP contribution in [-0.4, -0.2) is 40.3 Å². The minimum Gasteiger partial charge on any atom is -0.267 e. The van der Waals surface area contributed by atoms with Gasteiger partial charge in [0, 0.05) is 12.4 Å². The SMILES string of the molecule is O=C1c2ccccc2C(=O)N1N1CC1CCl. The zero-order chi connectivity index (χ0) is 11.3. The maximum absolute atomic E-state index is 12.0. The number of rotatable bonds is 2. The van der Waals surface area contributed by atoms with Crippen molar-refractivity contribution in [2.45, 2.75) is 6.04 Å². The lowest BCUT2D eigenvalue weighted by atomic mass is 10.1. The number of carbonyl (C=O) groups excluding carboxylic acids is 2. The molecule has 82 valence electrons. The summed E-state index contributed by atoms with van der Waals surface area (Å²) >= 11 is 5.69. The normalized spacial score (nSPS) is 27.2. The molecular weight excluding hydrogens is 228 g/mol. The van der Waals surface area contributed by atoms with Crippen LogP contribution in [0, 0.1) is 0 Å². The van der Waals surface area contributed by atoms with Gasteiger partial charge in [0.2, 0.25) is 0 Å². The lowest BCUT2D eigenvalue weighted by Gasteiger charge is -2.14. The molecule has 1 aromatic rings. The van der Waals surface area contributed by atoms with Gasteiger partial charge in [0.05, 0.1) is 17.2 Å². The van der Waals surface area contributed by atoms with Crippen LogP contribution in [0.5, 0.6) is 0 Å². The van der Waals surface area contributed by atoms with E-state index in [1.807, 2.05) is 0 Å². The van der Waals surface area contributed by atoms with Crippen LogP contribution in [0.25, 0.3) is 0 Å². The summed E-state index contributed by atoms with van der Waals surface area (Å²) < 4.78 is 0. The van der Waals surface area contributed by atoms with Crippen LogP contribution in [0.4, 0.5) is 0 Å². The molecule has 0 saturated carbocycles. The number of hydrogen-bond donors (Lipinski definition) is 0. The summed E-state index contributed by atoms with van der Waals surface area (Å²) in [6.45, 7) is 0.676. The number of benzene rings is 1. The Bertz CT molecular complexity index is 454. The molecule has 1 aromatic carbocycles. The molecule has 0 spiro atoms. The van der Waals surface area contributed by atoms with Crippen molar-refractivity contribution >= 4 is 23.4 Å². The third-order valence-electron chi connectivity index (χ3n) is 2.89. The van der Waals surface area contributed by atoms with Gasteiger partial charge in [0.15, 0.2) is 0 Å². The van der Waals surface area contributed by atoms with Crippen LogP contribution < -0.4 is 0 Å². The minimum atomic E-state index is -0.242. The van der Waals surface area contributed by atoms with E-state index in [-0.39, 0.29) is 17.9 Å². The second-order valence-corrected chi connectivity index (χ2v) is 4.21. The maximum Gasteiger partial charge on any atom is 0.276 e. The van der Waals surface area contributed by atoms with Crippen molar-refractivity contribution in [1.82, 2.24) is 10.0 Å². The number of alkyl halides is 1. The standard InChI is InChI=1S/C11H9ClN2O2/c12-5-7-6-13(7)14-10(15)8-3-1-2-4-9(8)11(14)16/h1-4,7H,5-6H2. The molecule has 4 nitrogen and oxygen atoms in total. The fourth-order valence-electron chi connectivity index (χ4n) is 1.95. The van der Waals surface area contributed by atoms with E-state index in [1.165, 1.54) is 5.01 Å². The highest BCUT2D eigenvalue weighted by atomic mass is 35.5. The van der Waals surface area contributed by atoms with Gasteiger partial charge < -0.3 is 0 Å². The van der Waals surface area contributed by atoms with Gasteiger partial charge in [-0.3, -0.25) is 9.59 Å². The Balaban J connectivity index is 1.96. The fourth-order valence-corrected chi connectivity index (χ4v) is 2.21. The minimum absolute atomic E-state index is 0.115. The first-order chi connectivity index (χ1) is 7.74. The summed E-state index contributed by atoms with van der Waals surface area (Å²) in [6, 6.07) is 6.98. The van der Waals surface area contributed by atoms with Crippen LogP contribution in [0.2, 0.25) is 0 Å². The van der Waals surface area contributed by atoms with Crippen molar-refractivity contribution in [3.63, 3.8) is 0 Å². The molecule has 2 atom stereocenters. The van der Waals surface area contributed by atoms with Crippen LogP contribution in [0.15, 0.2) is 24.3 Å². The topological polar surface area (TPSA) is 40.4 Å². The summed E-state index contributed by atoms with van der Waals surface area (Å²) in [6.07, 6.45) is 0. The third-order valence-corrected chi connectivity index (χ3v) is 3.25. The van der Waals surface area contributed by atoms with E-state index in [4.69, 9.17) is 11.6 Å². The average molecular weight is 237 g/mol. The molecule has 2 aliphatic heterocycles. The van der Waals surface area contributed by atoms with Gasteiger partial charge >= 0.3 is 0 Å². The van der Waals surface area contributed by atoms with Gasteiger partial charge in [0.25, 0.3) is 11.8 Å². The van der Waals surface area contributed by atoms with Crippen LogP contribution in [-0.2, 0) is 0 Å².